The number of allylic oxidation sites excluding steroid dienone is 3. The highest BCUT2D eigenvalue weighted by Gasteiger charge is 2.18. The molecule has 0 aliphatic heterocycles. The van der Waals surface area contributed by atoms with Crippen molar-refractivity contribution in [3.63, 3.8) is 0 Å². The Labute approximate surface area is 269 Å². The van der Waals surface area contributed by atoms with E-state index in [2.05, 4.69) is 152 Å². The van der Waals surface area contributed by atoms with Gasteiger partial charge in [0.05, 0.1) is 0 Å². The summed E-state index contributed by atoms with van der Waals surface area (Å²) in [6, 6.07) is 55.2. The van der Waals surface area contributed by atoms with E-state index in [0.29, 0.717) is 0 Å². The van der Waals surface area contributed by atoms with Gasteiger partial charge in [-0.1, -0.05) is 146 Å². The molecule has 1 heteroatoms. The van der Waals surface area contributed by atoms with Crippen molar-refractivity contribution in [1.29, 1.82) is 0 Å². The van der Waals surface area contributed by atoms with Gasteiger partial charge in [-0.2, -0.15) is 0 Å². The molecule has 0 aromatic heterocycles. The molecule has 0 spiro atoms. The first kappa shape index (κ1) is 27.6. The van der Waals surface area contributed by atoms with Crippen molar-refractivity contribution in [3.05, 3.63) is 175 Å². The van der Waals surface area contributed by atoms with Crippen LogP contribution in [0.5, 0.6) is 0 Å². The maximum absolute atomic E-state index is 6.38. The van der Waals surface area contributed by atoms with Gasteiger partial charge >= 0.3 is 0 Å². The second-order valence-electron chi connectivity index (χ2n) is 11.9. The van der Waals surface area contributed by atoms with Crippen molar-refractivity contribution in [1.82, 2.24) is 0 Å². The van der Waals surface area contributed by atoms with E-state index in [1.807, 2.05) is 25.2 Å². The molecule has 0 heterocycles. The number of benzene rings is 8. The molecule has 0 radical (unpaired) electrons. The van der Waals surface area contributed by atoms with Crippen LogP contribution in [0.25, 0.3) is 82.5 Å². The number of rotatable bonds is 6. The van der Waals surface area contributed by atoms with Gasteiger partial charge in [0.25, 0.3) is 0 Å². The molecule has 2 N–H and O–H groups in total. The molecule has 0 fully saturated rings. The topological polar surface area (TPSA) is 26.0 Å². The van der Waals surface area contributed by atoms with E-state index < -0.39 is 0 Å². The second-order valence-corrected chi connectivity index (χ2v) is 11.9. The molecular weight excluding hydrogens is 555 g/mol. The molecule has 8 aromatic rings. The van der Waals surface area contributed by atoms with E-state index in [-0.39, 0.29) is 0 Å². The summed E-state index contributed by atoms with van der Waals surface area (Å²) in [7, 11) is 0. The van der Waals surface area contributed by atoms with E-state index in [1.165, 1.54) is 76.8 Å². The van der Waals surface area contributed by atoms with E-state index in [9.17, 15) is 0 Å². The average molecular weight is 588 g/mol. The summed E-state index contributed by atoms with van der Waals surface area (Å²) in [6.07, 6.45) is 5.91. The largest absolute Gasteiger partial charge is 0.398 e. The molecule has 0 saturated heterocycles. The molecule has 8 rings (SSSR count). The third-order valence-electron chi connectivity index (χ3n) is 9.12. The van der Waals surface area contributed by atoms with E-state index in [1.54, 1.807) is 0 Å². The highest BCUT2D eigenvalue weighted by atomic mass is 14.6. The zero-order chi connectivity index (χ0) is 31.0. The van der Waals surface area contributed by atoms with Crippen LogP contribution in [0.1, 0.15) is 12.5 Å². The van der Waals surface area contributed by atoms with Crippen LogP contribution < -0.4 is 5.73 Å². The minimum Gasteiger partial charge on any atom is -0.398 e. The zero-order valence-electron chi connectivity index (χ0n) is 25.7. The van der Waals surface area contributed by atoms with Crippen LogP contribution in [-0.4, -0.2) is 0 Å². The van der Waals surface area contributed by atoms with Gasteiger partial charge in [0, 0.05) is 5.70 Å². The summed E-state index contributed by atoms with van der Waals surface area (Å²) in [6.45, 7) is 2.00. The Balaban J connectivity index is 1.36. The van der Waals surface area contributed by atoms with Crippen LogP contribution in [0.15, 0.2) is 170 Å². The highest BCUT2D eigenvalue weighted by Crippen LogP contribution is 2.45. The summed E-state index contributed by atoms with van der Waals surface area (Å²) in [5, 5.41) is 7.67. The van der Waals surface area contributed by atoms with Crippen LogP contribution in [-0.2, 0) is 0 Å². The van der Waals surface area contributed by atoms with E-state index >= 15 is 0 Å². The Bertz CT molecular complexity index is 2360. The van der Waals surface area contributed by atoms with E-state index in [0.717, 1.165) is 11.3 Å². The molecule has 0 amide bonds. The van der Waals surface area contributed by atoms with Crippen molar-refractivity contribution in [2.75, 3.05) is 0 Å². The number of nitrogens with two attached hydrogens (primary N) is 1. The lowest BCUT2D eigenvalue weighted by Crippen LogP contribution is -1.96. The van der Waals surface area contributed by atoms with Gasteiger partial charge in [-0.05, 0) is 114 Å². The predicted molar refractivity (Wildman–Crippen MR) is 199 cm³/mol. The molecular formula is C45H33N. The minimum absolute atomic E-state index is 0.758. The summed E-state index contributed by atoms with van der Waals surface area (Å²) in [5.74, 6) is 0. The molecule has 0 atom stereocenters. The molecule has 0 unspecified atom stereocenters. The first-order valence-corrected chi connectivity index (χ1v) is 15.8. The van der Waals surface area contributed by atoms with Crippen LogP contribution in [0.3, 0.4) is 0 Å². The molecule has 0 aliphatic carbocycles. The zero-order valence-corrected chi connectivity index (χ0v) is 25.7. The Hall–Kier alpha value is -5.92. The van der Waals surface area contributed by atoms with Crippen molar-refractivity contribution in [3.8, 4) is 44.5 Å². The quantitative estimate of drug-likeness (QED) is 0.152. The van der Waals surface area contributed by atoms with Crippen molar-refractivity contribution in [2.24, 2.45) is 5.73 Å². The van der Waals surface area contributed by atoms with Crippen LogP contribution in [0, 0.1) is 0 Å². The lowest BCUT2D eigenvalue weighted by atomic mass is 9.84. The molecule has 46 heavy (non-hydrogen) atoms. The summed E-state index contributed by atoms with van der Waals surface area (Å²) in [5.41, 5.74) is 17.9. The first-order chi connectivity index (χ1) is 22.7. The van der Waals surface area contributed by atoms with E-state index in [4.69, 9.17) is 5.73 Å². The molecule has 0 bridgehead atoms. The van der Waals surface area contributed by atoms with Gasteiger partial charge in [-0.25, -0.2) is 0 Å². The fourth-order valence-electron chi connectivity index (χ4n) is 6.80. The summed E-state index contributed by atoms with van der Waals surface area (Å²) >= 11 is 0. The molecule has 0 aliphatic rings. The van der Waals surface area contributed by atoms with Crippen molar-refractivity contribution in [2.45, 2.75) is 6.92 Å². The molecule has 0 saturated carbocycles. The average Bonchev–Trinajstić information content (AvgIpc) is 3.13. The Morgan fingerprint density at radius 1 is 0.457 bits per heavy atom. The maximum atomic E-state index is 6.38. The number of hydrogen-bond acceptors (Lipinski definition) is 1. The molecule has 1 nitrogen and oxygen atoms in total. The normalized spacial score (nSPS) is 12.2. The maximum Gasteiger partial charge on any atom is 0.0387 e. The van der Waals surface area contributed by atoms with Gasteiger partial charge in [-0.3, -0.25) is 0 Å². The van der Waals surface area contributed by atoms with Crippen LogP contribution >= 0.6 is 0 Å². The lowest BCUT2D eigenvalue weighted by molar-refractivity contribution is 1.51. The lowest BCUT2D eigenvalue weighted by Gasteiger charge is -2.19. The monoisotopic (exact) mass is 587 g/mol. The fraction of sp³-hybridized carbons (Fsp3) is 0.0222. The van der Waals surface area contributed by atoms with Gasteiger partial charge in [-0.15, -0.1) is 0 Å². The van der Waals surface area contributed by atoms with Crippen LogP contribution in [0.2, 0.25) is 0 Å². The summed E-state index contributed by atoms with van der Waals surface area (Å²) < 4.78 is 0. The smallest absolute Gasteiger partial charge is 0.0387 e. The Kier molecular flexibility index (Phi) is 6.93. The van der Waals surface area contributed by atoms with Gasteiger partial charge in [0.2, 0.25) is 0 Å². The SMILES string of the molecule is C/C=C\C=C(/N)c1ccc(-c2cc(-c3ccc(-c4ccccc4)cc3)c3ccc4cc(-c5ccccc5)cc5ccc2c3c54)cc1. The first-order valence-electron chi connectivity index (χ1n) is 15.8. The van der Waals surface area contributed by atoms with Gasteiger partial charge in [0.15, 0.2) is 0 Å². The summed E-state index contributed by atoms with van der Waals surface area (Å²) in [4.78, 5) is 0. The predicted octanol–water partition coefficient (Wildman–Crippen LogP) is 12.1. The number of hydrogen-bond donors (Lipinski definition) is 1. The van der Waals surface area contributed by atoms with Crippen molar-refractivity contribution < 1.29 is 0 Å². The van der Waals surface area contributed by atoms with Crippen LogP contribution in [0.4, 0.5) is 0 Å². The third kappa shape index (κ3) is 4.83. The molecule has 8 aromatic carbocycles. The molecule has 218 valence electrons. The van der Waals surface area contributed by atoms with Gasteiger partial charge < -0.3 is 5.73 Å². The Morgan fingerprint density at radius 3 is 1.48 bits per heavy atom. The second kappa shape index (κ2) is 11.5. The minimum atomic E-state index is 0.758. The van der Waals surface area contributed by atoms with Gasteiger partial charge in [0.1, 0.15) is 0 Å². The van der Waals surface area contributed by atoms with Crippen molar-refractivity contribution >= 4 is 38.0 Å². The third-order valence-corrected chi connectivity index (χ3v) is 9.12. The Morgan fingerprint density at radius 2 is 0.935 bits per heavy atom. The standard InChI is InChI=1S/C45H33N/c1-2-3-14-43(46)35-21-19-34(20-22-35)42-29-41(33-17-15-32(16-18-33)30-10-6-4-7-11-30)39-25-23-36-27-38(31-12-8-5-9-13-31)28-37-24-26-40(42)45(39)44(36)37/h2-29H,46H2,1H3/b3-2-,43-14-. The fourth-order valence-corrected chi connectivity index (χ4v) is 6.80. The highest BCUT2D eigenvalue weighted by molar-refractivity contribution is 6.28.